The lowest BCUT2D eigenvalue weighted by molar-refractivity contribution is 0.0981. The number of hydrogen-bond donors (Lipinski definition) is 1. The molecule has 0 spiro atoms. The SMILES string of the molecule is COc1c(C)cc(C(=O)NS(C)(=O)=O)cc1C. The number of ether oxygens (including phenoxy) is 1. The van der Waals surface area contributed by atoms with Gasteiger partial charge < -0.3 is 4.74 Å². The molecule has 0 saturated carbocycles. The lowest BCUT2D eigenvalue weighted by Crippen LogP contribution is -2.29. The van der Waals surface area contributed by atoms with Crippen LogP contribution in [0.15, 0.2) is 12.1 Å². The van der Waals surface area contributed by atoms with Crippen LogP contribution in [-0.2, 0) is 10.0 Å². The fraction of sp³-hybridized carbons (Fsp3) is 0.364. The zero-order valence-electron chi connectivity index (χ0n) is 10.2. The second kappa shape index (κ2) is 4.75. The predicted molar refractivity (Wildman–Crippen MR) is 64.8 cm³/mol. The number of nitrogens with one attached hydrogen (secondary N) is 1. The molecule has 1 rings (SSSR count). The number of rotatable bonds is 3. The molecule has 1 N–H and O–H groups in total. The Morgan fingerprint density at radius 3 is 2.06 bits per heavy atom. The van der Waals surface area contributed by atoms with Crippen molar-refractivity contribution in [1.29, 1.82) is 0 Å². The molecule has 1 aromatic carbocycles. The summed E-state index contributed by atoms with van der Waals surface area (Å²) < 4.78 is 29.0. The van der Waals surface area contributed by atoms with Gasteiger partial charge in [-0.3, -0.25) is 4.79 Å². The van der Waals surface area contributed by atoms with E-state index < -0.39 is 15.9 Å². The van der Waals surface area contributed by atoms with Crippen LogP contribution in [-0.4, -0.2) is 27.7 Å². The molecule has 94 valence electrons. The van der Waals surface area contributed by atoms with E-state index >= 15 is 0 Å². The van der Waals surface area contributed by atoms with E-state index in [9.17, 15) is 13.2 Å². The van der Waals surface area contributed by atoms with Gasteiger partial charge in [0.25, 0.3) is 5.91 Å². The first kappa shape index (κ1) is 13.5. The minimum Gasteiger partial charge on any atom is -0.496 e. The first-order valence-corrected chi connectivity index (χ1v) is 6.81. The first-order chi connectivity index (χ1) is 7.74. The van der Waals surface area contributed by atoms with E-state index in [4.69, 9.17) is 4.74 Å². The Bertz CT molecular complexity index is 526. The van der Waals surface area contributed by atoms with Crippen LogP contribution in [0.1, 0.15) is 21.5 Å². The van der Waals surface area contributed by atoms with Gasteiger partial charge in [-0.25, -0.2) is 13.1 Å². The molecule has 6 heteroatoms. The van der Waals surface area contributed by atoms with Crippen LogP contribution in [0.5, 0.6) is 5.75 Å². The molecule has 0 aromatic heterocycles. The van der Waals surface area contributed by atoms with Crippen LogP contribution in [0.4, 0.5) is 0 Å². The summed E-state index contributed by atoms with van der Waals surface area (Å²) in [6.07, 6.45) is 0.939. The van der Waals surface area contributed by atoms with Gasteiger partial charge in [-0.15, -0.1) is 0 Å². The van der Waals surface area contributed by atoms with E-state index in [1.54, 1.807) is 33.1 Å². The van der Waals surface area contributed by atoms with Gasteiger partial charge in [0.05, 0.1) is 13.4 Å². The van der Waals surface area contributed by atoms with Crippen molar-refractivity contribution in [2.75, 3.05) is 13.4 Å². The van der Waals surface area contributed by atoms with Gasteiger partial charge in [-0.1, -0.05) is 0 Å². The van der Waals surface area contributed by atoms with E-state index in [1.807, 2.05) is 4.72 Å². The van der Waals surface area contributed by atoms with E-state index in [-0.39, 0.29) is 0 Å². The third-order valence-corrected chi connectivity index (χ3v) is 2.76. The van der Waals surface area contributed by atoms with Crippen LogP contribution in [0.3, 0.4) is 0 Å². The monoisotopic (exact) mass is 257 g/mol. The minimum absolute atomic E-state index is 0.297. The standard InChI is InChI=1S/C11H15NO4S/c1-7-5-9(6-8(2)10(7)16-3)11(13)12-17(4,14)15/h5-6H,1-4H3,(H,12,13). The van der Waals surface area contributed by atoms with Gasteiger partial charge in [0.15, 0.2) is 0 Å². The maximum Gasteiger partial charge on any atom is 0.264 e. The zero-order valence-corrected chi connectivity index (χ0v) is 11.0. The van der Waals surface area contributed by atoms with E-state index in [2.05, 4.69) is 0 Å². The van der Waals surface area contributed by atoms with E-state index in [1.165, 1.54) is 0 Å². The highest BCUT2D eigenvalue weighted by Gasteiger charge is 2.14. The third kappa shape index (κ3) is 3.45. The molecule has 0 unspecified atom stereocenters. The Morgan fingerprint density at radius 2 is 1.71 bits per heavy atom. The Balaban J connectivity index is 3.13. The smallest absolute Gasteiger partial charge is 0.264 e. The highest BCUT2D eigenvalue weighted by Crippen LogP contribution is 2.24. The van der Waals surface area contributed by atoms with Crippen molar-refractivity contribution in [1.82, 2.24) is 4.72 Å². The summed E-state index contributed by atoms with van der Waals surface area (Å²) in [6.45, 7) is 3.59. The summed E-state index contributed by atoms with van der Waals surface area (Å²) in [5.41, 5.74) is 1.86. The van der Waals surface area contributed by atoms with Crippen molar-refractivity contribution in [3.8, 4) is 5.75 Å². The van der Waals surface area contributed by atoms with Gasteiger partial charge in [0.2, 0.25) is 10.0 Å². The maximum absolute atomic E-state index is 11.6. The molecule has 0 saturated heterocycles. The summed E-state index contributed by atoms with van der Waals surface area (Å²) in [7, 11) is -2.00. The van der Waals surface area contributed by atoms with Gasteiger partial charge in [-0.05, 0) is 37.1 Å². The molecule has 0 aliphatic carbocycles. The summed E-state index contributed by atoms with van der Waals surface area (Å²) in [5, 5.41) is 0. The van der Waals surface area contributed by atoms with Crippen LogP contribution in [0.25, 0.3) is 0 Å². The average Bonchev–Trinajstić information content (AvgIpc) is 2.14. The molecule has 0 atom stereocenters. The molecule has 0 fully saturated rings. The maximum atomic E-state index is 11.6. The van der Waals surface area contributed by atoms with Crippen molar-refractivity contribution in [2.45, 2.75) is 13.8 Å². The van der Waals surface area contributed by atoms with Gasteiger partial charge in [0, 0.05) is 5.56 Å². The molecule has 0 heterocycles. The van der Waals surface area contributed by atoms with E-state index in [0.717, 1.165) is 17.4 Å². The molecule has 17 heavy (non-hydrogen) atoms. The van der Waals surface area contributed by atoms with Crippen molar-refractivity contribution >= 4 is 15.9 Å². The lowest BCUT2D eigenvalue weighted by Gasteiger charge is -2.10. The number of methoxy groups -OCH3 is 1. The van der Waals surface area contributed by atoms with E-state index in [0.29, 0.717) is 11.3 Å². The molecule has 0 bridgehead atoms. The van der Waals surface area contributed by atoms with Crippen molar-refractivity contribution in [3.05, 3.63) is 28.8 Å². The number of benzene rings is 1. The second-order valence-corrected chi connectivity index (χ2v) is 5.60. The minimum atomic E-state index is -3.54. The normalized spacial score (nSPS) is 11.1. The molecule has 5 nitrogen and oxygen atoms in total. The third-order valence-electron chi connectivity index (χ3n) is 2.20. The van der Waals surface area contributed by atoms with Crippen LogP contribution < -0.4 is 9.46 Å². The highest BCUT2D eigenvalue weighted by molar-refractivity contribution is 7.89. The molecule has 0 radical (unpaired) electrons. The molecule has 1 amide bonds. The summed E-state index contributed by atoms with van der Waals surface area (Å²) in [6, 6.07) is 3.18. The topological polar surface area (TPSA) is 72.5 Å². The molecular formula is C11H15NO4S. The number of aryl methyl sites for hydroxylation is 2. The average molecular weight is 257 g/mol. The zero-order chi connectivity index (χ0) is 13.2. The van der Waals surface area contributed by atoms with Crippen molar-refractivity contribution in [3.63, 3.8) is 0 Å². The summed E-state index contributed by atoms with van der Waals surface area (Å²) in [4.78, 5) is 11.6. The Hall–Kier alpha value is -1.56. The fourth-order valence-electron chi connectivity index (χ4n) is 1.63. The molecule has 1 aromatic rings. The molecule has 0 aliphatic rings. The Labute approximate surface area is 101 Å². The van der Waals surface area contributed by atoms with Crippen molar-refractivity contribution in [2.24, 2.45) is 0 Å². The number of sulfonamides is 1. The fourth-order valence-corrected chi connectivity index (χ4v) is 2.09. The van der Waals surface area contributed by atoms with Crippen LogP contribution >= 0.6 is 0 Å². The quantitative estimate of drug-likeness (QED) is 0.876. The number of amides is 1. The number of carbonyl (C=O) groups excluding carboxylic acids is 1. The van der Waals surface area contributed by atoms with Gasteiger partial charge in [0.1, 0.15) is 5.75 Å². The van der Waals surface area contributed by atoms with Gasteiger partial charge in [-0.2, -0.15) is 0 Å². The number of carbonyl (C=O) groups is 1. The van der Waals surface area contributed by atoms with Crippen molar-refractivity contribution < 1.29 is 17.9 Å². The largest absolute Gasteiger partial charge is 0.496 e. The number of hydrogen-bond acceptors (Lipinski definition) is 4. The Morgan fingerprint density at radius 1 is 1.24 bits per heavy atom. The summed E-state index contributed by atoms with van der Waals surface area (Å²) in [5.74, 6) is 0.0576. The second-order valence-electron chi connectivity index (χ2n) is 3.85. The molecule has 0 aliphatic heterocycles. The molecular weight excluding hydrogens is 242 g/mol. The Kier molecular flexibility index (Phi) is 3.77. The van der Waals surface area contributed by atoms with Crippen LogP contribution in [0, 0.1) is 13.8 Å². The highest BCUT2D eigenvalue weighted by atomic mass is 32.2. The summed E-state index contributed by atoms with van der Waals surface area (Å²) >= 11 is 0. The first-order valence-electron chi connectivity index (χ1n) is 4.92. The van der Waals surface area contributed by atoms with Crippen LogP contribution in [0.2, 0.25) is 0 Å². The van der Waals surface area contributed by atoms with Gasteiger partial charge >= 0.3 is 0 Å². The predicted octanol–water partition coefficient (Wildman–Crippen LogP) is 1.00. The lowest BCUT2D eigenvalue weighted by atomic mass is 10.1.